The summed E-state index contributed by atoms with van der Waals surface area (Å²) in [5.41, 5.74) is -0.572. The molecular weight excluding hydrogens is 236 g/mol. The molecule has 0 aromatic rings. The third-order valence-corrected chi connectivity index (χ3v) is 2.25. The lowest BCUT2D eigenvalue weighted by atomic mass is 10.2. The van der Waals surface area contributed by atoms with E-state index in [0.717, 1.165) is 0 Å². The zero-order valence-corrected chi connectivity index (χ0v) is 12.1. The van der Waals surface area contributed by atoms with Crippen molar-refractivity contribution in [2.24, 2.45) is 0 Å². The zero-order chi connectivity index (χ0) is 14.3. The largest absolute Gasteiger partial charge is 0.444 e. The number of hydrogen-bond acceptors (Lipinski definition) is 4. The molecule has 6 heteroatoms. The lowest BCUT2D eigenvalue weighted by Crippen LogP contribution is -2.48. The molecule has 18 heavy (non-hydrogen) atoms. The lowest BCUT2D eigenvalue weighted by molar-refractivity contribution is -0.125. The molecule has 0 radical (unpaired) electrons. The Morgan fingerprint density at radius 2 is 1.89 bits per heavy atom. The number of nitrogens with one attached hydrogen (secondary N) is 1. The summed E-state index contributed by atoms with van der Waals surface area (Å²) >= 11 is 0. The Balaban J connectivity index is 4.27. The second-order valence-corrected chi connectivity index (χ2v) is 5.05. The molecule has 1 atom stereocenters. The maximum absolute atomic E-state index is 11.7. The van der Waals surface area contributed by atoms with Crippen LogP contribution >= 0.6 is 0 Å². The summed E-state index contributed by atoms with van der Waals surface area (Å²) in [4.78, 5) is 24.7. The number of likely N-dealkylation sites (N-methyl/N-ethyl adjacent to an activating group) is 1. The van der Waals surface area contributed by atoms with Crippen molar-refractivity contribution in [1.29, 1.82) is 0 Å². The summed E-state index contributed by atoms with van der Waals surface area (Å²) in [5, 5.41) is 2.67. The number of ether oxygens (including phenoxy) is 2. The molecule has 0 saturated heterocycles. The van der Waals surface area contributed by atoms with Crippen LogP contribution in [0.5, 0.6) is 0 Å². The van der Waals surface area contributed by atoms with Crippen molar-refractivity contribution >= 4 is 12.0 Å². The first-order chi connectivity index (χ1) is 8.19. The van der Waals surface area contributed by atoms with Gasteiger partial charge >= 0.3 is 6.09 Å². The summed E-state index contributed by atoms with van der Waals surface area (Å²) in [6.07, 6.45) is -0.517. The number of carbonyl (C=O) groups is 2. The number of carbonyl (C=O) groups excluding carboxylic acids is 2. The van der Waals surface area contributed by atoms with Gasteiger partial charge in [0, 0.05) is 20.7 Å². The normalized spacial score (nSPS) is 12.8. The molecule has 1 N–H and O–H groups in total. The first-order valence-corrected chi connectivity index (χ1v) is 5.91. The van der Waals surface area contributed by atoms with Crippen molar-refractivity contribution in [3.05, 3.63) is 0 Å². The lowest BCUT2D eigenvalue weighted by Gasteiger charge is -2.28. The van der Waals surface area contributed by atoms with Crippen LogP contribution in [0.4, 0.5) is 4.79 Å². The van der Waals surface area contributed by atoms with Crippen LogP contribution in [0.1, 0.15) is 27.7 Å². The molecule has 2 amide bonds. The van der Waals surface area contributed by atoms with Gasteiger partial charge in [-0.2, -0.15) is 0 Å². The minimum absolute atomic E-state index is 0.236. The van der Waals surface area contributed by atoms with Gasteiger partial charge in [0.2, 0.25) is 5.91 Å². The maximum Gasteiger partial charge on any atom is 0.410 e. The van der Waals surface area contributed by atoms with E-state index in [4.69, 9.17) is 9.47 Å². The van der Waals surface area contributed by atoms with E-state index in [9.17, 15) is 9.59 Å². The second kappa shape index (κ2) is 7.20. The third kappa shape index (κ3) is 6.44. The molecule has 0 bridgehead atoms. The van der Waals surface area contributed by atoms with Crippen LogP contribution in [0.15, 0.2) is 0 Å². The third-order valence-electron chi connectivity index (χ3n) is 2.25. The van der Waals surface area contributed by atoms with Gasteiger partial charge in [-0.15, -0.1) is 0 Å². The zero-order valence-electron chi connectivity index (χ0n) is 12.1. The van der Waals surface area contributed by atoms with Crippen LogP contribution in [0.25, 0.3) is 0 Å². The molecule has 0 saturated carbocycles. The van der Waals surface area contributed by atoms with Gasteiger partial charge in [0.15, 0.2) is 0 Å². The van der Waals surface area contributed by atoms with E-state index in [0.29, 0.717) is 13.2 Å². The Labute approximate surface area is 109 Å². The van der Waals surface area contributed by atoms with E-state index in [1.54, 1.807) is 34.8 Å². The summed E-state index contributed by atoms with van der Waals surface area (Å²) in [6.45, 7) is 7.84. The van der Waals surface area contributed by atoms with Crippen LogP contribution in [0.2, 0.25) is 0 Å². The highest BCUT2D eigenvalue weighted by atomic mass is 16.6. The Hall–Kier alpha value is -1.30. The molecule has 0 aliphatic carbocycles. The average molecular weight is 260 g/mol. The molecule has 0 fully saturated rings. The maximum atomic E-state index is 11.7. The SMILES string of the molecule is COCCNC(=O)[C@H](C)N(C)C(=O)OC(C)(C)C. The van der Waals surface area contributed by atoms with Crippen LogP contribution in [-0.4, -0.2) is 55.9 Å². The van der Waals surface area contributed by atoms with E-state index in [-0.39, 0.29) is 5.91 Å². The first-order valence-electron chi connectivity index (χ1n) is 5.91. The quantitative estimate of drug-likeness (QED) is 0.749. The number of amides is 2. The van der Waals surface area contributed by atoms with Gasteiger partial charge in [-0.1, -0.05) is 0 Å². The van der Waals surface area contributed by atoms with Gasteiger partial charge in [-0.05, 0) is 27.7 Å². The van der Waals surface area contributed by atoms with Crippen LogP contribution in [-0.2, 0) is 14.3 Å². The van der Waals surface area contributed by atoms with E-state index in [2.05, 4.69) is 5.32 Å². The van der Waals surface area contributed by atoms with Crippen molar-refractivity contribution < 1.29 is 19.1 Å². The van der Waals surface area contributed by atoms with Crippen molar-refractivity contribution in [2.75, 3.05) is 27.3 Å². The molecule has 0 aromatic heterocycles. The van der Waals surface area contributed by atoms with E-state index in [1.165, 1.54) is 11.9 Å². The molecule has 6 nitrogen and oxygen atoms in total. The van der Waals surface area contributed by atoms with Gasteiger partial charge in [0.1, 0.15) is 11.6 Å². The highest BCUT2D eigenvalue weighted by molar-refractivity contribution is 5.85. The second-order valence-electron chi connectivity index (χ2n) is 5.05. The average Bonchev–Trinajstić information content (AvgIpc) is 2.24. The Kier molecular flexibility index (Phi) is 6.68. The number of methoxy groups -OCH3 is 1. The molecule has 0 aliphatic rings. The molecular formula is C12H24N2O4. The molecule has 0 spiro atoms. The molecule has 0 unspecified atom stereocenters. The smallest absolute Gasteiger partial charge is 0.410 e. The van der Waals surface area contributed by atoms with Gasteiger partial charge in [0.25, 0.3) is 0 Å². The monoisotopic (exact) mass is 260 g/mol. The molecule has 0 aromatic carbocycles. The molecule has 0 rings (SSSR count). The molecule has 0 heterocycles. The van der Waals surface area contributed by atoms with E-state index < -0.39 is 17.7 Å². The number of rotatable bonds is 5. The Morgan fingerprint density at radius 3 is 2.33 bits per heavy atom. The Morgan fingerprint density at radius 1 is 1.33 bits per heavy atom. The molecule has 106 valence electrons. The first kappa shape index (κ1) is 16.7. The van der Waals surface area contributed by atoms with E-state index in [1.807, 2.05) is 0 Å². The number of hydrogen-bond donors (Lipinski definition) is 1. The topological polar surface area (TPSA) is 67.9 Å². The van der Waals surface area contributed by atoms with Crippen LogP contribution in [0.3, 0.4) is 0 Å². The summed E-state index contributed by atoms with van der Waals surface area (Å²) < 4.78 is 10.0. The predicted octanol–water partition coefficient (Wildman–Crippen LogP) is 1.00. The number of nitrogens with zero attached hydrogens (tertiary/aromatic N) is 1. The van der Waals surface area contributed by atoms with Crippen molar-refractivity contribution in [1.82, 2.24) is 10.2 Å². The fourth-order valence-corrected chi connectivity index (χ4v) is 1.09. The van der Waals surface area contributed by atoms with Gasteiger partial charge < -0.3 is 14.8 Å². The standard InChI is InChI=1S/C12H24N2O4/c1-9(10(15)13-7-8-17-6)14(5)11(16)18-12(2,3)4/h9H,7-8H2,1-6H3,(H,13,15)/t9-/m0/s1. The summed E-state index contributed by atoms with van der Waals surface area (Å²) in [7, 11) is 3.09. The van der Waals surface area contributed by atoms with E-state index >= 15 is 0 Å². The van der Waals surface area contributed by atoms with Crippen LogP contribution in [0, 0.1) is 0 Å². The van der Waals surface area contributed by atoms with Gasteiger partial charge in [-0.3, -0.25) is 9.69 Å². The highest BCUT2D eigenvalue weighted by Crippen LogP contribution is 2.10. The predicted molar refractivity (Wildman–Crippen MR) is 68.3 cm³/mol. The summed E-state index contributed by atoms with van der Waals surface area (Å²) in [5.74, 6) is -0.236. The van der Waals surface area contributed by atoms with Crippen molar-refractivity contribution in [3.63, 3.8) is 0 Å². The minimum atomic E-state index is -0.586. The molecule has 0 aliphatic heterocycles. The minimum Gasteiger partial charge on any atom is -0.444 e. The van der Waals surface area contributed by atoms with Crippen molar-refractivity contribution in [2.45, 2.75) is 39.3 Å². The van der Waals surface area contributed by atoms with Gasteiger partial charge in [0.05, 0.1) is 6.61 Å². The fraction of sp³-hybridized carbons (Fsp3) is 0.833. The highest BCUT2D eigenvalue weighted by Gasteiger charge is 2.26. The van der Waals surface area contributed by atoms with Crippen LogP contribution < -0.4 is 5.32 Å². The Bertz CT molecular complexity index is 286. The summed E-state index contributed by atoms with van der Waals surface area (Å²) in [6, 6.07) is -0.586. The fourth-order valence-electron chi connectivity index (χ4n) is 1.09. The van der Waals surface area contributed by atoms with Gasteiger partial charge in [-0.25, -0.2) is 4.79 Å². The van der Waals surface area contributed by atoms with Crippen molar-refractivity contribution in [3.8, 4) is 0 Å².